The van der Waals surface area contributed by atoms with E-state index in [-0.39, 0.29) is 6.04 Å². The molecular weight excluding hydrogens is 232 g/mol. The van der Waals surface area contributed by atoms with Crippen LogP contribution >= 0.6 is 0 Å². The van der Waals surface area contributed by atoms with E-state index in [2.05, 4.69) is 67.4 Å². The highest BCUT2D eigenvalue weighted by Crippen LogP contribution is 2.19. The fourth-order valence-corrected chi connectivity index (χ4v) is 2.17. The van der Waals surface area contributed by atoms with Crippen molar-refractivity contribution in [2.75, 3.05) is 11.9 Å². The molecule has 0 amide bonds. The zero-order valence-corrected chi connectivity index (χ0v) is 11.9. The Morgan fingerprint density at radius 1 is 1.05 bits per heavy atom. The molecule has 2 aromatic rings. The summed E-state index contributed by atoms with van der Waals surface area (Å²) in [5.41, 5.74) is 11.0. The van der Waals surface area contributed by atoms with E-state index < -0.39 is 0 Å². The van der Waals surface area contributed by atoms with Crippen molar-refractivity contribution in [2.24, 2.45) is 5.73 Å². The Labute approximate surface area is 115 Å². The zero-order chi connectivity index (χ0) is 13.8. The maximum Gasteiger partial charge on any atom is 0.0428 e. The highest BCUT2D eigenvalue weighted by molar-refractivity contribution is 5.48. The van der Waals surface area contributed by atoms with E-state index in [0.717, 1.165) is 6.54 Å². The maximum atomic E-state index is 5.87. The maximum absolute atomic E-state index is 5.87. The normalized spacial score (nSPS) is 12.2. The van der Waals surface area contributed by atoms with Crippen LogP contribution in [0.15, 0.2) is 48.5 Å². The fourth-order valence-electron chi connectivity index (χ4n) is 2.17. The Hall–Kier alpha value is -1.80. The van der Waals surface area contributed by atoms with Crippen LogP contribution in [0.2, 0.25) is 0 Å². The SMILES string of the molecule is Cc1ccccc1CN(C)c1ccc([C@@H](C)N)cc1. The molecule has 0 bridgehead atoms. The molecule has 2 aromatic carbocycles. The molecule has 2 N–H and O–H groups in total. The predicted octanol–water partition coefficient (Wildman–Crippen LogP) is 3.65. The van der Waals surface area contributed by atoms with Crippen LogP contribution in [0.5, 0.6) is 0 Å². The number of rotatable bonds is 4. The lowest BCUT2D eigenvalue weighted by atomic mass is 10.1. The fraction of sp³-hybridized carbons (Fsp3) is 0.294. The van der Waals surface area contributed by atoms with Gasteiger partial charge < -0.3 is 10.6 Å². The first kappa shape index (κ1) is 13.6. The Bertz CT molecular complexity index is 529. The summed E-state index contributed by atoms with van der Waals surface area (Å²) in [6, 6.07) is 17.1. The molecule has 0 saturated heterocycles. The zero-order valence-electron chi connectivity index (χ0n) is 11.9. The van der Waals surface area contributed by atoms with E-state index in [1.807, 2.05) is 6.92 Å². The van der Waals surface area contributed by atoms with E-state index >= 15 is 0 Å². The van der Waals surface area contributed by atoms with Gasteiger partial charge in [0.1, 0.15) is 0 Å². The number of anilines is 1. The third-order valence-corrected chi connectivity index (χ3v) is 3.53. The van der Waals surface area contributed by atoms with Crippen LogP contribution < -0.4 is 10.6 Å². The second-order valence-corrected chi connectivity index (χ2v) is 5.16. The number of hydrogen-bond acceptors (Lipinski definition) is 2. The molecule has 1 atom stereocenters. The Balaban J connectivity index is 2.12. The van der Waals surface area contributed by atoms with Gasteiger partial charge in [-0.25, -0.2) is 0 Å². The number of hydrogen-bond donors (Lipinski definition) is 1. The largest absolute Gasteiger partial charge is 0.370 e. The minimum absolute atomic E-state index is 0.0933. The summed E-state index contributed by atoms with van der Waals surface area (Å²) in [6.45, 7) is 5.08. The number of nitrogens with two attached hydrogens (primary N) is 1. The van der Waals surface area contributed by atoms with Gasteiger partial charge in [0.25, 0.3) is 0 Å². The minimum Gasteiger partial charge on any atom is -0.370 e. The van der Waals surface area contributed by atoms with Crippen molar-refractivity contribution in [2.45, 2.75) is 26.4 Å². The molecule has 0 unspecified atom stereocenters. The van der Waals surface area contributed by atoms with E-state index in [0.29, 0.717) is 0 Å². The molecule has 19 heavy (non-hydrogen) atoms. The molecule has 0 radical (unpaired) electrons. The molecule has 0 aromatic heterocycles. The first-order valence-corrected chi connectivity index (χ1v) is 6.69. The third-order valence-electron chi connectivity index (χ3n) is 3.53. The molecule has 100 valence electrons. The van der Waals surface area contributed by atoms with Crippen molar-refractivity contribution in [3.63, 3.8) is 0 Å². The van der Waals surface area contributed by atoms with Crippen molar-refractivity contribution < 1.29 is 0 Å². The van der Waals surface area contributed by atoms with Gasteiger partial charge in [-0.2, -0.15) is 0 Å². The van der Waals surface area contributed by atoms with Crippen molar-refractivity contribution in [1.29, 1.82) is 0 Å². The van der Waals surface area contributed by atoms with Crippen molar-refractivity contribution in [3.05, 3.63) is 65.2 Å². The van der Waals surface area contributed by atoms with Gasteiger partial charge in [0.15, 0.2) is 0 Å². The summed E-state index contributed by atoms with van der Waals surface area (Å²) in [6.07, 6.45) is 0. The summed E-state index contributed by atoms with van der Waals surface area (Å²) in [4.78, 5) is 2.26. The van der Waals surface area contributed by atoms with Crippen LogP contribution in [-0.4, -0.2) is 7.05 Å². The topological polar surface area (TPSA) is 29.3 Å². The lowest BCUT2D eigenvalue weighted by Crippen LogP contribution is -2.17. The average molecular weight is 254 g/mol. The van der Waals surface area contributed by atoms with Gasteiger partial charge in [-0.1, -0.05) is 36.4 Å². The molecule has 2 rings (SSSR count). The summed E-state index contributed by atoms with van der Waals surface area (Å²) >= 11 is 0. The van der Waals surface area contributed by atoms with E-state index in [4.69, 9.17) is 5.73 Å². The summed E-state index contributed by atoms with van der Waals surface area (Å²) < 4.78 is 0. The quantitative estimate of drug-likeness (QED) is 0.902. The molecule has 0 aliphatic carbocycles. The number of aryl methyl sites for hydroxylation is 1. The molecule has 0 spiro atoms. The molecular formula is C17H22N2. The molecule has 0 aliphatic rings. The van der Waals surface area contributed by atoms with Gasteiger partial charge in [0.2, 0.25) is 0 Å². The summed E-state index contributed by atoms with van der Waals surface area (Å²) in [5.74, 6) is 0. The number of benzene rings is 2. The summed E-state index contributed by atoms with van der Waals surface area (Å²) in [5, 5.41) is 0. The average Bonchev–Trinajstić information content (AvgIpc) is 2.41. The van der Waals surface area contributed by atoms with Crippen LogP contribution in [0.3, 0.4) is 0 Å². The second kappa shape index (κ2) is 5.89. The lowest BCUT2D eigenvalue weighted by Gasteiger charge is -2.21. The van der Waals surface area contributed by atoms with E-state index in [1.54, 1.807) is 0 Å². The minimum atomic E-state index is 0.0933. The lowest BCUT2D eigenvalue weighted by molar-refractivity contribution is 0.817. The van der Waals surface area contributed by atoms with Gasteiger partial charge in [-0.3, -0.25) is 0 Å². The van der Waals surface area contributed by atoms with Gasteiger partial charge in [0.05, 0.1) is 0 Å². The van der Waals surface area contributed by atoms with Gasteiger partial charge >= 0.3 is 0 Å². The monoisotopic (exact) mass is 254 g/mol. The Morgan fingerprint density at radius 3 is 2.26 bits per heavy atom. The van der Waals surface area contributed by atoms with Crippen LogP contribution in [0.1, 0.15) is 29.7 Å². The van der Waals surface area contributed by atoms with Crippen LogP contribution in [-0.2, 0) is 6.54 Å². The third kappa shape index (κ3) is 3.36. The molecule has 2 nitrogen and oxygen atoms in total. The Morgan fingerprint density at radius 2 is 1.68 bits per heavy atom. The predicted molar refractivity (Wildman–Crippen MR) is 82.3 cm³/mol. The van der Waals surface area contributed by atoms with Crippen molar-refractivity contribution in [3.8, 4) is 0 Å². The van der Waals surface area contributed by atoms with E-state index in [9.17, 15) is 0 Å². The summed E-state index contributed by atoms with van der Waals surface area (Å²) in [7, 11) is 2.12. The van der Waals surface area contributed by atoms with E-state index in [1.165, 1.54) is 22.4 Å². The Kier molecular flexibility index (Phi) is 4.23. The van der Waals surface area contributed by atoms with Crippen molar-refractivity contribution >= 4 is 5.69 Å². The highest BCUT2D eigenvalue weighted by Gasteiger charge is 2.05. The first-order chi connectivity index (χ1) is 9.08. The molecule has 0 fully saturated rings. The second-order valence-electron chi connectivity index (χ2n) is 5.16. The smallest absolute Gasteiger partial charge is 0.0428 e. The van der Waals surface area contributed by atoms with Gasteiger partial charge in [-0.05, 0) is 42.7 Å². The standard InChI is InChI=1S/C17H22N2/c1-13-6-4-5-7-16(13)12-19(3)17-10-8-15(9-11-17)14(2)18/h4-11,14H,12,18H2,1-3H3/t14-/m1/s1. The van der Waals surface area contributed by atoms with Crippen LogP contribution in [0.4, 0.5) is 5.69 Å². The van der Waals surface area contributed by atoms with Crippen molar-refractivity contribution in [1.82, 2.24) is 0 Å². The van der Waals surface area contributed by atoms with Gasteiger partial charge in [0, 0.05) is 25.3 Å². The first-order valence-electron chi connectivity index (χ1n) is 6.69. The highest BCUT2D eigenvalue weighted by atomic mass is 15.1. The molecule has 0 aliphatic heterocycles. The number of nitrogens with zero attached hydrogens (tertiary/aromatic N) is 1. The van der Waals surface area contributed by atoms with Crippen LogP contribution in [0, 0.1) is 6.92 Å². The van der Waals surface area contributed by atoms with Crippen LogP contribution in [0.25, 0.3) is 0 Å². The van der Waals surface area contributed by atoms with Gasteiger partial charge in [-0.15, -0.1) is 0 Å². The molecule has 0 saturated carbocycles. The molecule has 0 heterocycles. The molecule has 2 heteroatoms.